The van der Waals surface area contributed by atoms with E-state index in [0.717, 1.165) is 38.9 Å². The van der Waals surface area contributed by atoms with E-state index in [4.69, 9.17) is 4.74 Å². The van der Waals surface area contributed by atoms with Crippen molar-refractivity contribution in [3.05, 3.63) is 17.5 Å². The van der Waals surface area contributed by atoms with Crippen molar-refractivity contribution < 1.29 is 9.84 Å². The van der Waals surface area contributed by atoms with Crippen molar-refractivity contribution in [1.82, 2.24) is 9.78 Å². The van der Waals surface area contributed by atoms with E-state index >= 15 is 0 Å². The Kier molecular flexibility index (Phi) is 4.18. The zero-order chi connectivity index (χ0) is 12.3. The topological polar surface area (TPSA) is 47.3 Å². The summed E-state index contributed by atoms with van der Waals surface area (Å²) in [5.41, 5.74) is 2.51. The van der Waals surface area contributed by atoms with E-state index in [1.165, 1.54) is 11.3 Å². The van der Waals surface area contributed by atoms with Crippen LogP contribution < -0.4 is 0 Å². The van der Waals surface area contributed by atoms with E-state index in [2.05, 4.69) is 11.3 Å². The Labute approximate surface area is 103 Å². The average Bonchev–Trinajstić information content (AvgIpc) is 2.69. The van der Waals surface area contributed by atoms with Gasteiger partial charge in [0.25, 0.3) is 0 Å². The highest BCUT2D eigenvalue weighted by Gasteiger charge is 2.21. The quantitative estimate of drug-likeness (QED) is 0.867. The Morgan fingerprint density at radius 2 is 2.24 bits per heavy atom. The number of nitrogens with zero attached hydrogens (tertiary/aromatic N) is 2. The highest BCUT2D eigenvalue weighted by molar-refractivity contribution is 5.22. The molecule has 0 amide bonds. The standard InChI is InChI=1S/C13H22N2O2/c1-10(16)3-4-12-9-15(2)14-13(12)11-5-7-17-8-6-11/h9-11,16H,3-8H2,1-2H3/t10-/m0/s1. The lowest BCUT2D eigenvalue weighted by molar-refractivity contribution is 0.0841. The maximum Gasteiger partial charge on any atom is 0.0689 e. The molecule has 0 saturated carbocycles. The summed E-state index contributed by atoms with van der Waals surface area (Å²) in [5, 5.41) is 14.0. The first-order valence-electron chi connectivity index (χ1n) is 6.45. The molecule has 0 bridgehead atoms. The van der Waals surface area contributed by atoms with E-state index in [0.29, 0.717) is 5.92 Å². The fourth-order valence-corrected chi connectivity index (χ4v) is 2.43. The van der Waals surface area contributed by atoms with Gasteiger partial charge in [0.15, 0.2) is 0 Å². The summed E-state index contributed by atoms with van der Waals surface area (Å²) in [4.78, 5) is 0. The molecule has 0 spiro atoms. The van der Waals surface area contributed by atoms with Gasteiger partial charge >= 0.3 is 0 Å². The molecule has 1 saturated heterocycles. The highest BCUT2D eigenvalue weighted by atomic mass is 16.5. The van der Waals surface area contributed by atoms with Crippen LogP contribution in [0.4, 0.5) is 0 Å². The Morgan fingerprint density at radius 3 is 2.88 bits per heavy atom. The molecule has 1 aromatic rings. The predicted molar refractivity (Wildman–Crippen MR) is 66.0 cm³/mol. The summed E-state index contributed by atoms with van der Waals surface area (Å²) in [6.45, 7) is 3.53. The van der Waals surface area contributed by atoms with Gasteiger partial charge in [-0.15, -0.1) is 0 Å². The predicted octanol–water partition coefficient (Wildman–Crippen LogP) is 1.63. The van der Waals surface area contributed by atoms with Crippen LogP contribution in [0.25, 0.3) is 0 Å². The third-order valence-corrected chi connectivity index (χ3v) is 3.38. The number of hydrogen-bond donors (Lipinski definition) is 1. The van der Waals surface area contributed by atoms with Crippen LogP contribution in [0.3, 0.4) is 0 Å². The van der Waals surface area contributed by atoms with Crippen molar-refractivity contribution in [2.24, 2.45) is 7.05 Å². The zero-order valence-electron chi connectivity index (χ0n) is 10.7. The van der Waals surface area contributed by atoms with Gasteiger partial charge in [0.2, 0.25) is 0 Å². The number of hydrogen-bond acceptors (Lipinski definition) is 3. The van der Waals surface area contributed by atoms with Gasteiger partial charge in [0.05, 0.1) is 11.8 Å². The Balaban J connectivity index is 2.08. The maximum absolute atomic E-state index is 9.37. The van der Waals surface area contributed by atoms with E-state index < -0.39 is 0 Å². The summed E-state index contributed by atoms with van der Waals surface area (Å²) in [5.74, 6) is 0.536. The first-order valence-corrected chi connectivity index (χ1v) is 6.45. The molecule has 4 heteroatoms. The van der Waals surface area contributed by atoms with E-state index in [1.54, 1.807) is 0 Å². The third kappa shape index (κ3) is 3.30. The van der Waals surface area contributed by atoms with Crippen LogP contribution in [0, 0.1) is 0 Å². The number of aliphatic hydroxyl groups excluding tert-OH is 1. The lowest BCUT2D eigenvalue weighted by Gasteiger charge is -2.21. The van der Waals surface area contributed by atoms with Crippen LogP contribution in [-0.2, 0) is 18.2 Å². The smallest absolute Gasteiger partial charge is 0.0689 e. The summed E-state index contributed by atoms with van der Waals surface area (Å²) >= 11 is 0. The molecule has 96 valence electrons. The number of aliphatic hydroxyl groups is 1. The van der Waals surface area contributed by atoms with Crippen LogP contribution in [0.5, 0.6) is 0 Å². The Morgan fingerprint density at radius 1 is 1.53 bits per heavy atom. The molecule has 1 atom stereocenters. The normalized spacial score (nSPS) is 19.5. The molecule has 1 aliphatic heterocycles. The van der Waals surface area contributed by atoms with Gasteiger partial charge in [0, 0.05) is 32.4 Å². The Hall–Kier alpha value is -0.870. The number of rotatable bonds is 4. The van der Waals surface area contributed by atoms with Crippen molar-refractivity contribution in [2.75, 3.05) is 13.2 Å². The third-order valence-electron chi connectivity index (χ3n) is 3.38. The molecule has 0 aromatic carbocycles. The SMILES string of the molecule is C[C@H](O)CCc1cn(C)nc1C1CCOCC1. The van der Waals surface area contributed by atoms with Crippen LogP contribution in [0.2, 0.25) is 0 Å². The first kappa shape index (κ1) is 12.6. The molecule has 2 heterocycles. The molecule has 1 aromatic heterocycles. The fraction of sp³-hybridized carbons (Fsp3) is 0.769. The van der Waals surface area contributed by atoms with Crippen molar-refractivity contribution in [2.45, 2.75) is 44.6 Å². The van der Waals surface area contributed by atoms with Crippen molar-refractivity contribution >= 4 is 0 Å². The number of aryl methyl sites for hydroxylation is 2. The van der Waals surface area contributed by atoms with Crippen molar-refractivity contribution in [3.8, 4) is 0 Å². The van der Waals surface area contributed by atoms with Gasteiger partial charge in [-0.3, -0.25) is 4.68 Å². The van der Waals surface area contributed by atoms with Crippen LogP contribution in [0.1, 0.15) is 43.4 Å². The zero-order valence-corrected chi connectivity index (χ0v) is 10.7. The Bertz CT molecular complexity index is 354. The lowest BCUT2D eigenvalue weighted by atomic mass is 9.92. The fourth-order valence-electron chi connectivity index (χ4n) is 2.43. The molecule has 17 heavy (non-hydrogen) atoms. The maximum atomic E-state index is 9.37. The lowest BCUT2D eigenvalue weighted by Crippen LogP contribution is -2.16. The summed E-state index contributed by atoms with van der Waals surface area (Å²) in [6, 6.07) is 0. The highest BCUT2D eigenvalue weighted by Crippen LogP contribution is 2.28. The number of ether oxygens (including phenoxy) is 1. The minimum Gasteiger partial charge on any atom is -0.393 e. The molecule has 0 aliphatic carbocycles. The van der Waals surface area contributed by atoms with Crippen molar-refractivity contribution in [1.29, 1.82) is 0 Å². The summed E-state index contributed by atoms with van der Waals surface area (Å²) in [7, 11) is 1.97. The number of aromatic nitrogens is 2. The molecule has 1 fully saturated rings. The second-order valence-corrected chi connectivity index (χ2v) is 4.99. The van der Waals surface area contributed by atoms with Crippen LogP contribution in [0.15, 0.2) is 6.20 Å². The molecule has 4 nitrogen and oxygen atoms in total. The van der Waals surface area contributed by atoms with Crippen molar-refractivity contribution in [3.63, 3.8) is 0 Å². The van der Waals surface area contributed by atoms with E-state index in [-0.39, 0.29) is 6.10 Å². The molecular weight excluding hydrogens is 216 g/mol. The molecular formula is C13H22N2O2. The molecule has 1 aliphatic rings. The molecule has 0 radical (unpaired) electrons. The van der Waals surface area contributed by atoms with Gasteiger partial charge < -0.3 is 9.84 Å². The van der Waals surface area contributed by atoms with Gasteiger partial charge in [0.1, 0.15) is 0 Å². The largest absolute Gasteiger partial charge is 0.393 e. The summed E-state index contributed by atoms with van der Waals surface area (Å²) in [6.07, 6.45) is 5.71. The van der Waals surface area contributed by atoms with Gasteiger partial charge in [-0.25, -0.2) is 0 Å². The minimum atomic E-state index is -0.238. The molecule has 2 rings (SSSR count). The minimum absolute atomic E-state index is 0.238. The monoisotopic (exact) mass is 238 g/mol. The average molecular weight is 238 g/mol. The second-order valence-electron chi connectivity index (χ2n) is 4.99. The van der Waals surface area contributed by atoms with E-state index in [1.807, 2.05) is 18.7 Å². The second kappa shape index (κ2) is 5.65. The summed E-state index contributed by atoms with van der Waals surface area (Å²) < 4.78 is 7.28. The first-order chi connectivity index (χ1) is 8.16. The van der Waals surface area contributed by atoms with E-state index in [9.17, 15) is 5.11 Å². The molecule has 1 N–H and O–H groups in total. The van der Waals surface area contributed by atoms with Gasteiger partial charge in [-0.2, -0.15) is 5.10 Å². The van der Waals surface area contributed by atoms with Crippen LogP contribution >= 0.6 is 0 Å². The van der Waals surface area contributed by atoms with Gasteiger partial charge in [-0.05, 0) is 38.2 Å². The molecule has 0 unspecified atom stereocenters. The van der Waals surface area contributed by atoms with Crippen LogP contribution in [-0.4, -0.2) is 34.2 Å². The van der Waals surface area contributed by atoms with Gasteiger partial charge in [-0.1, -0.05) is 0 Å².